The topological polar surface area (TPSA) is 68.1 Å². The summed E-state index contributed by atoms with van der Waals surface area (Å²) < 4.78 is 0. The highest BCUT2D eigenvalue weighted by atomic mass is 35.5. The lowest BCUT2D eigenvalue weighted by molar-refractivity contribution is -0.384. The molecule has 0 aliphatic heterocycles. The van der Waals surface area contributed by atoms with Gasteiger partial charge in [-0.3, -0.25) is 15.1 Å². The highest BCUT2D eigenvalue weighted by Crippen LogP contribution is 2.29. The Labute approximate surface area is 115 Å². The Hall–Kier alpha value is -2.14. The van der Waals surface area contributed by atoms with Gasteiger partial charge in [-0.1, -0.05) is 11.6 Å². The van der Waals surface area contributed by atoms with Crippen LogP contribution < -0.4 is 5.32 Å². The Balaban J connectivity index is 2.18. The first-order valence-corrected chi connectivity index (χ1v) is 6.06. The lowest BCUT2D eigenvalue weighted by Crippen LogP contribution is -2.07. The van der Waals surface area contributed by atoms with Crippen LogP contribution in [0.15, 0.2) is 42.7 Å². The van der Waals surface area contributed by atoms with E-state index in [1.807, 2.05) is 19.1 Å². The fraction of sp³-hybridized carbons (Fsp3) is 0.154. The third kappa shape index (κ3) is 3.20. The van der Waals surface area contributed by atoms with Gasteiger partial charge < -0.3 is 5.32 Å². The molecule has 1 atom stereocenters. The fourth-order valence-corrected chi connectivity index (χ4v) is 1.93. The second-order valence-electron chi connectivity index (χ2n) is 4.07. The second kappa shape index (κ2) is 5.67. The minimum atomic E-state index is -0.470. The smallest absolute Gasteiger partial charge is 0.271 e. The summed E-state index contributed by atoms with van der Waals surface area (Å²) in [7, 11) is 0. The molecule has 0 bridgehead atoms. The lowest BCUT2D eigenvalue weighted by Gasteiger charge is -2.16. The molecule has 0 unspecified atom stereocenters. The zero-order valence-corrected chi connectivity index (χ0v) is 11.0. The van der Waals surface area contributed by atoms with Crippen LogP contribution in [0.4, 0.5) is 11.4 Å². The fourth-order valence-electron chi connectivity index (χ4n) is 1.70. The second-order valence-corrected chi connectivity index (χ2v) is 4.48. The quantitative estimate of drug-likeness (QED) is 0.681. The van der Waals surface area contributed by atoms with Crippen molar-refractivity contribution in [3.05, 3.63) is 63.4 Å². The Morgan fingerprint density at radius 2 is 2.00 bits per heavy atom. The zero-order valence-electron chi connectivity index (χ0n) is 10.2. The number of hydrogen-bond acceptors (Lipinski definition) is 4. The summed E-state index contributed by atoms with van der Waals surface area (Å²) in [6.07, 6.45) is 3.43. The molecule has 2 rings (SSSR count). The highest BCUT2D eigenvalue weighted by molar-refractivity contribution is 6.33. The number of anilines is 1. The summed E-state index contributed by atoms with van der Waals surface area (Å²) in [6.45, 7) is 1.98. The molecule has 98 valence electrons. The molecule has 0 spiro atoms. The van der Waals surface area contributed by atoms with Gasteiger partial charge in [0.2, 0.25) is 0 Å². The van der Waals surface area contributed by atoms with Crippen molar-refractivity contribution >= 4 is 23.0 Å². The van der Waals surface area contributed by atoms with Crippen molar-refractivity contribution < 1.29 is 4.92 Å². The Bertz CT molecular complexity index is 590. The van der Waals surface area contributed by atoms with Gasteiger partial charge in [0.05, 0.1) is 15.6 Å². The van der Waals surface area contributed by atoms with E-state index in [4.69, 9.17) is 11.6 Å². The molecular weight excluding hydrogens is 266 g/mol. The minimum Gasteiger partial charge on any atom is -0.377 e. The predicted molar refractivity (Wildman–Crippen MR) is 74.4 cm³/mol. The number of pyridine rings is 1. The van der Waals surface area contributed by atoms with Crippen molar-refractivity contribution in [1.82, 2.24) is 4.98 Å². The molecule has 0 aliphatic rings. The van der Waals surface area contributed by atoms with Gasteiger partial charge in [0, 0.05) is 30.6 Å². The lowest BCUT2D eigenvalue weighted by atomic mass is 10.1. The van der Waals surface area contributed by atoms with Crippen LogP contribution in [0.25, 0.3) is 0 Å². The van der Waals surface area contributed by atoms with Gasteiger partial charge in [0.25, 0.3) is 5.69 Å². The molecule has 0 saturated heterocycles. The molecule has 5 nitrogen and oxygen atoms in total. The molecule has 1 N–H and O–H groups in total. The maximum atomic E-state index is 10.6. The summed E-state index contributed by atoms with van der Waals surface area (Å²) in [5, 5.41) is 14.2. The summed E-state index contributed by atoms with van der Waals surface area (Å²) in [6, 6.07) is 8.20. The number of halogens is 1. The van der Waals surface area contributed by atoms with E-state index in [1.165, 1.54) is 12.1 Å². The number of nitro groups is 1. The van der Waals surface area contributed by atoms with E-state index in [1.54, 1.807) is 18.5 Å². The number of aromatic nitrogens is 1. The Morgan fingerprint density at radius 3 is 2.58 bits per heavy atom. The van der Waals surface area contributed by atoms with Crippen LogP contribution in [0, 0.1) is 10.1 Å². The summed E-state index contributed by atoms with van der Waals surface area (Å²) in [5.41, 5.74) is 1.70. The van der Waals surface area contributed by atoms with Crippen molar-refractivity contribution in [2.24, 2.45) is 0 Å². The van der Waals surface area contributed by atoms with Gasteiger partial charge in [0.15, 0.2) is 0 Å². The minimum absolute atomic E-state index is 0.0212. The molecule has 1 aromatic heterocycles. The average molecular weight is 278 g/mol. The highest BCUT2D eigenvalue weighted by Gasteiger charge is 2.11. The average Bonchev–Trinajstić information content (AvgIpc) is 2.41. The van der Waals surface area contributed by atoms with Crippen LogP contribution in [0.1, 0.15) is 18.5 Å². The zero-order chi connectivity index (χ0) is 13.8. The van der Waals surface area contributed by atoms with E-state index in [0.29, 0.717) is 10.7 Å². The van der Waals surface area contributed by atoms with E-state index in [9.17, 15) is 10.1 Å². The predicted octanol–water partition coefficient (Wildman–Crippen LogP) is 3.82. The Morgan fingerprint density at radius 1 is 1.32 bits per heavy atom. The SMILES string of the molecule is C[C@H](Nc1ccc([N+](=O)[O-])cc1Cl)c1ccncc1. The first-order valence-electron chi connectivity index (χ1n) is 5.68. The normalized spacial score (nSPS) is 11.9. The van der Waals surface area contributed by atoms with Crippen LogP contribution in [0.3, 0.4) is 0 Å². The Kier molecular flexibility index (Phi) is 3.97. The molecule has 0 radical (unpaired) electrons. The van der Waals surface area contributed by atoms with Gasteiger partial charge in [0.1, 0.15) is 0 Å². The number of nitro benzene ring substituents is 1. The third-order valence-corrected chi connectivity index (χ3v) is 3.05. The van der Waals surface area contributed by atoms with Crippen LogP contribution >= 0.6 is 11.6 Å². The van der Waals surface area contributed by atoms with Crippen molar-refractivity contribution in [1.29, 1.82) is 0 Å². The van der Waals surface area contributed by atoms with Gasteiger partial charge in [-0.2, -0.15) is 0 Å². The van der Waals surface area contributed by atoms with Crippen LogP contribution in [-0.4, -0.2) is 9.91 Å². The molecule has 1 aromatic carbocycles. The number of rotatable bonds is 4. The first-order chi connectivity index (χ1) is 9.08. The molecule has 0 amide bonds. The van der Waals surface area contributed by atoms with E-state index < -0.39 is 4.92 Å². The molecule has 1 heterocycles. The number of hydrogen-bond donors (Lipinski definition) is 1. The van der Waals surface area contributed by atoms with Crippen LogP contribution in [0.5, 0.6) is 0 Å². The van der Waals surface area contributed by atoms with Gasteiger partial charge in [-0.15, -0.1) is 0 Å². The third-order valence-electron chi connectivity index (χ3n) is 2.74. The number of nitrogens with zero attached hydrogens (tertiary/aromatic N) is 2. The summed E-state index contributed by atoms with van der Waals surface area (Å²) in [4.78, 5) is 14.1. The van der Waals surface area contributed by atoms with E-state index in [0.717, 1.165) is 5.56 Å². The van der Waals surface area contributed by atoms with Crippen molar-refractivity contribution in [3.8, 4) is 0 Å². The van der Waals surface area contributed by atoms with E-state index in [-0.39, 0.29) is 11.7 Å². The maximum absolute atomic E-state index is 10.6. The first kappa shape index (κ1) is 13.3. The van der Waals surface area contributed by atoms with E-state index in [2.05, 4.69) is 10.3 Å². The largest absolute Gasteiger partial charge is 0.377 e. The van der Waals surface area contributed by atoms with Crippen molar-refractivity contribution in [2.45, 2.75) is 13.0 Å². The van der Waals surface area contributed by atoms with Crippen molar-refractivity contribution in [3.63, 3.8) is 0 Å². The molecule has 19 heavy (non-hydrogen) atoms. The molecule has 0 saturated carbocycles. The number of nitrogens with one attached hydrogen (secondary N) is 1. The monoisotopic (exact) mass is 277 g/mol. The summed E-state index contributed by atoms with van der Waals surface area (Å²) in [5.74, 6) is 0. The van der Waals surface area contributed by atoms with E-state index >= 15 is 0 Å². The molecule has 0 aliphatic carbocycles. The van der Waals surface area contributed by atoms with Gasteiger partial charge in [-0.25, -0.2) is 0 Å². The molecule has 2 aromatic rings. The maximum Gasteiger partial charge on any atom is 0.271 e. The molecule has 0 fully saturated rings. The number of non-ortho nitro benzene ring substituents is 1. The molecule has 6 heteroatoms. The summed E-state index contributed by atoms with van der Waals surface area (Å²) >= 11 is 6.03. The number of benzene rings is 1. The van der Waals surface area contributed by atoms with Crippen LogP contribution in [-0.2, 0) is 0 Å². The van der Waals surface area contributed by atoms with Crippen molar-refractivity contribution in [2.75, 3.05) is 5.32 Å². The van der Waals surface area contributed by atoms with Gasteiger partial charge >= 0.3 is 0 Å². The molecular formula is C13H12ClN3O2. The van der Waals surface area contributed by atoms with Gasteiger partial charge in [-0.05, 0) is 30.7 Å². The van der Waals surface area contributed by atoms with Crippen LogP contribution in [0.2, 0.25) is 5.02 Å². The standard InChI is InChI=1S/C13H12ClN3O2/c1-9(10-4-6-15-7-5-10)16-13-3-2-11(17(18)19)8-12(13)14/h2-9,16H,1H3/t9-/m0/s1.